The number of benzene rings is 2. The van der Waals surface area contributed by atoms with Gasteiger partial charge in [-0.1, -0.05) is 53.8 Å². The molecule has 0 bridgehead atoms. The molecule has 0 aliphatic carbocycles. The molecule has 2 aromatic carbocycles. The van der Waals surface area contributed by atoms with Gasteiger partial charge in [0, 0.05) is 22.7 Å². The lowest BCUT2D eigenvalue weighted by Gasteiger charge is -2.12. The van der Waals surface area contributed by atoms with Crippen LogP contribution in [0.3, 0.4) is 0 Å². The van der Waals surface area contributed by atoms with E-state index in [-0.39, 0.29) is 20.5 Å². The van der Waals surface area contributed by atoms with Crippen molar-refractivity contribution in [3.8, 4) is 0 Å². The molecule has 1 fully saturated rings. The summed E-state index contributed by atoms with van der Waals surface area (Å²) < 4.78 is 0.0757. The molecule has 1 aliphatic heterocycles. The van der Waals surface area contributed by atoms with Gasteiger partial charge < -0.3 is 0 Å². The van der Waals surface area contributed by atoms with Crippen molar-refractivity contribution in [1.82, 2.24) is 4.90 Å². The lowest BCUT2D eigenvalue weighted by atomic mass is 10.1. The minimum atomic E-state index is -0.698. The highest BCUT2D eigenvalue weighted by Gasteiger charge is 2.37. The smallest absolute Gasteiger partial charge is 0.268 e. The molecule has 2 aromatic rings. The van der Waals surface area contributed by atoms with Gasteiger partial charge in [0.05, 0.1) is 9.83 Å². The van der Waals surface area contributed by atoms with Crippen LogP contribution in [0.5, 0.6) is 0 Å². The number of hydrogen-bond acceptors (Lipinski definition) is 6. The van der Waals surface area contributed by atoms with Crippen molar-refractivity contribution in [3.05, 3.63) is 79.7 Å². The van der Waals surface area contributed by atoms with E-state index in [1.54, 1.807) is 30.3 Å². The molecular formula is C17H9ClN2O4S2. The number of thioether (sulfide) groups is 1. The van der Waals surface area contributed by atoms with Gasteiger partial charge in [-0.25, -0.2) is 4.90 Å². The number of carbonyl (C=O) groups is 2. The summed E-state index contributed by atoms with van der Waals surface area (Å²) in [4.78, 5) is 36.6. The second-order valence-corrected chi connectivity index (χ2v) is 7.29. The van der Waals surface area contributed by atoms with Gasteiger partial charge >= 0.3 is 0 Å². The highest BCUT2D eigenvalue weighted by molar-refractivity contribution is 8.26. The molecular weight excluding hydrogens is 396 g/mol. The van der Waals surface area contributed by atoms with Gasteiger partial charge in [-0.05, 0) is 29.8 Å². The Morgan fingerprint density at radius 1 is 1.23 bits per heavy atom. The Bertz CT molecular complexity index is 973. The van der Waals surface area contributed by atoms with Crippen molar-refractivity contribution in [2.75, 3.05) is 0 Å². The van der Waals surface area contributed by atoms with E-state index in [0.717, 1.165) is 28.3 Å². The largest absolute Gasteiger partial charge is 0.273 e. The molecule has 0 atom stereocenters. The van der Waals surface area contributed by atoms with Crippen LogP contribution < -0.4 is 0 Å². The summed E-state index contributed by atoms with van der Waals surface area (Å²) in [7, 11) is 0. The number of nitrogens with zero attached hydrogens (tertiary/aromatic N) is 2. The second-order valence-electron chi connectivity index (χ2n) is 5.18. The molecule has 0 saturated carbocycles. The van der Waals surface area contributed by atoms with Crippen LogP contribution in [0.4, 0.5) is 5.69 Å². The quantitative estimate of drug-likeness (QED) is 0.249. The molecule has 9 heteroatoms. The average molecular weight is 405 g/mol. The van der Waals surface area contributed by atoms with Crippen LogP contribution in [0.25, 0.3) is 6.08 Å². The van der Waals surface area contributed by atoms with Gasteiger partial charge in [0.25, 0.3) is 17.5 Å². The maximum absolute atomic E-state index is 12.6. The maximum Gasteiger partial charge on any atom is 0.273 e. The lowest BCUT2D eigenvalue weighted by Crippen LogP contribution is -2.34. The summed E-state index contributed by atoms with van der Waals surface area (Å²) >= 11 is 12.0. The number of hydrogen-bond donors (Lipinski definition) is 0. The summed E-state index contributed by atoms with van der Waals surface area (Å²) in [6.07, 6.45) is 1.61. The fourth-order valence-electron chi connectivity index (χ4n) is 2.23. The number of halogens is 1. The highest BCUT2D eigenvalue weighted by Crippen LogP contribution is 2.34. The number of non-ortho nitro benzene ring substituents is 1. The molecule has 1 saturated heterocycles. The van der Waals surface area contributed by atoms with Crippen molar-refractivity contribution < 1.29 is 14.5 Å². The van der Waals surface area contributed by atoms with Crippen molar-refractivity contribution in [3.63, 3.8) is 0 Å². The van der Waals surface area contributed by atoms with Crippen molar-refractivity contribution in [2.45, 2.75) is 0 Å². The van der Waals surface area contributed by atoms with E-state index in [2.05, 4.69) is 0 Å². The SMILES string of the molecule is O=C1C(=Cc2ccc(Cl)cc2)SC(=S)N1C(=O)c1cccc([N+](=O)[O-])c1. The number of rotatable bonds is 3. The van der Waals surface area contributed by atoms with Gasteiger partial charge in [0.2, 0.25) is 0 Å². The second kappa shape index (κ2) is 7.36. The Hall–Kier alpha value is -2.55. The Labute approximate surface area is 162 Å². The summed E-state index contributed by atoms with van der Waals surface area (Å²) in [6, 6.07) is 12.0. The molecule has 0 aromatic heterocycles. The fraction of sp³-hybridized carbons (Fsp3) is 0. The fourth-order valence-corrected chi connectivity index (χ4v) is 3.61. The zero-order valence-electron chi connectivity index (χ0n) is 12.9. The van der Waals surface area contributed by atoms with Crippen LogP contribution in [0.1, 0.15) is 15.9 Å². The normalized spacial score (nSPS) is 15.6. The molecule has 1 heterocycles. The minimum Gasteiger partial charge on any atom is -0.268 e. The van der Waals surface area contributed by atoms with Crippen LogP contribution in [0, 0.1) is 10.1 Å². The van der Waals surface area contributed by atoms with E-state index < -0.39 is 16.7 Å². The minimum absolute atomic E-state index is 0.0169. The van der Waals surface area contributed by atoms with Crippen LogP contribution >= 0.6 is 35.6 Å². The number of thiocarbonyl (C=S) groups is 1. The molecule has 1 aliphatic rings. The first-order valence-corrected chi connectivity index (χ1v) is 8.79. The third kappa shape index (κ3) is 3.67. The Kier molecular flexibility index (Phi) is 5.17. The van der Waals surface area contributed by atoms with E-state index >= 15 is 0 Å². The molecule has 26 heavy (non-hydrogen) atoms. The molecule has 130 valence electrons. The predicted molar refractivity (Wildman–Crippen MR) is 104 cm³/mol. The monoisotopic (exact) mass is 404 g/mol. The van der Waals surface area contributed by atoms with Crippen LogP contribution in [-0.2, 0) is 4.79 Å². The van der Waals surface area contributed by atoms with Gasteiger partial charge in [0.1, 0.15) is 0 Å². The van der Waals surface area contributed by atoms with E-state index in [9.17, 15) is 19.7 Å². The van der Waals surface area contributed by atoms with E-state index in [1.807, 2.05) is 0 Å². The summed E-state index contributed by atoms with van der Waals surface area (Å²) in [5.41, 5.74) is 0.513. The Morgan fingerprint density at radius 2 is 1.92 bits per heavy atom. The maximum atomic E-state index is 12.6. The average Bonchev–Trinajstić information content (AvgIpc) is 2.90. The first-order valence-electron chi connectivity index (χ1n) is 7.19. The van der Waals surface area contributed by atoms with Gasteiger partial charge in [-0.2, -0.15) is 0 Å². The molecule has 0 radical (unpaired) electrons. The highest BCUT2D eigenvalue weighted by atomic mass is 35.5. The zero-order chi connectivity index (χ0) is 18.8. The molecule has 0 N–H and O–H groups in total. The lowest BCUT2D eigenvalue weighted by molar-refractivity contribution is -0.384. The summed E-state index contributed by atoms with van der Waals surface area (Å²) in [5.74, 6) is -1.26. The number of imide groups is 1. The van der Waals surface area contributed by atoms with E-state index in [1.165, 1.54) is 18.2 Å². The topological polar surface area (TPSA) is 80.5 Å². The Balaban J connectivity index is 1.89. The van der Waals surface area contributed by atoms with Crippen LogP contribution in [0.2, 0.25) is 5.02 Å². The Morgan fingerprint density at radius 3 is 2.58 bits per heavy atom. The summed E-state index contributed by atoms with van der Waals surface area (Å²) in [5, 5.41) is 11.4. The third-order valence-electron chi connectivity index (χ3n) is 3.47. The molecule has 0 spiro atoms. The van der Waals surface area contributed by atoms with E-state index in [4.69, 9.17) is 23.8 Å². The number of amides is 2. The number of carbonyl (C=O) groups excluding carboxylic acids is 2. The van der Waals surface area contributed by atoms with Gasteiger partial charge in [-0.15, -0.1) is 0 Å². The van der Waals surface area contributed by atoms with Gasteiger partial charge in [-0.3, -0.25) is 19.7 Å². The van der Waals surface area contributed by atoms with E-state index in [0.29, 0.717) is 5.02 Å². The molecule has 6 nitrogen and oxygen atoms in total. The van der Waals surface area contributed by atoms with Crippen molar-refractivity contribution in [1.29, 1.82) is 0 Å². The number of nitro benzene ring substituents is 1. The zero-order valence-corrected chi connectivity index (χ0v) is 15.3. The molecule has 2 amide bonds. The first kappa shape index (κ1) is 18.2. The van der Waals surface area contributed by atoms with Crippen molar-refractivity contribution >= 4 is 63.5 Å². The van der Waals surface area contributed by atoms with Crippen LogP contribution in [-0.4, -0.2) is 26.0 Å². The first-order chi connectivity index (χ1) is 12.4. The van der Waals surface area contributed by atoms with Crippen LogP contribution in [0.15, 0.2) is 53.4 Å². The summed E-state index contributed by atoms with van der Waals surface area (Å²) in [6.45, 7) is 0. The number of nitro groups is 1. The third-order valence-corrected chi connectivity index (χ3v) is 5.02. The van der Waals surface area contributed by atoms with Crippen molar-refractivity contribution in [2.24, 2.45) is 0 Å². The predicted octanol–water partition coefficient (Wildman–Crippen LogP) is 4.29. The van der Waals surface area contributed by atoms with Gasteiger partial charge in [0.15, 0.2) is 4.32 Å². The molecule has 3 rings (SSSR count). The molecule has 0 unspecified atom stereocenters. The standard InChI is InChI=1S/C17H9ClN2O4S2/c18-12-6-4-10(5-7-12)8-14-16(22)19(17(25)26-14)15(21)11-2-1-3-13(9-11)20(23)24/h1-9H.